The summed E-state index contributed by atoms with van der Waals surface area (Å²) in [4.78, 5) is 24.2. The summed E-state index contributed by atoms with van der Waals surface area (Å²) in [6.45, 7) is 1.47. The van der Waals surface area contributed by atoms with Gasteiger partial charge in [0.15, 0.2) is 17.7 Å². The fourth-order valence-corrected chi connectivity index (χ4v) is 5.28. The maximum Gasteiger partial charge on any atom is 0.279 e. The second-order valence-electron chi connectivity index (χ2n) is 5.83. The van der Waals surface area contributed by atoms with Crippen LogP contribution in [0.15, 0.2) is 48.5 Å². The average Bonchev–Trinajstić information content (AvgIpc) is 3.22. The highest BCUT2D eigenvalue weighted by Gasteiger charge is 2.19. The molecule has 142 valence electrons. The van der Waals surface area contributed by atoms with Crippen molar-refractivity contribution in [3.05, 3.63) is 65.5 Å². The third-order valence-electron chi connectivity index (χ3n) is 3.88. The summed E-state index contributed by atoms with van der Waals surface area (Å²) >= 11 is 3.79. The zero-order valence-corrected chi connectivity index (χ0v) is 16.2. The van der Waals surface area contributed by atoms with Gasteiger partial charge in [0.2, 0.25) is 0 Å². The van der Waals surface area contributed by atoms with E-state index < -0.39 is 23.7 Å². The van der Waals surface area contributed by atoms with Gasteiger partial charge in [-0.25, -0.2) is 4.39 Å². The lowest BCUT2D eigenvalue weighted by atomic mass is 10.1. The number of para-hydroxylation sites is 1. The van der Waals surface area contributed by atoms with Crippen molar-refractivity contribution in [1.82, 2.24) is 10.9 Å². The molecule has 0 spiro atoms. The monoisotopic (exact) mass is 406 g/mol. The zero-order chi connectivity index (χ0) is 19.2. The lowest BCUT2D eigenvalue weighted by Crippen LogP contribution is -2.47. The van der Waals surface area contributed by atoms with E-state index in [-0.39, 0.29) is 5.75 Å². The molecule has 8 heteroatoms. The maximum atomic E-state index is 13.6. The Balaban J connectivity index is 1.50. The zero-order valence-electron chi connectivity index (χ0n) is 14.6. The van der Waals surface area contributed by atoms with E-state index in [1.54, 1.807) is 18.2 Å². The summed E-state index contributed by atoms with van der Waals surface area (Å²) < 4.78 is 19.3. The molecule has 3 rings (SSSR count). The molecule has 2 aromatic carbocycles. The Bertz CT molecular complexity index is 811. The largest absolute Gasteiger partial charge is 0.478 e. The number of thioether (sulfide) groups is 2. The van der Waals surface area contributed by atoms with E-state index >= 15 is 0 Å². The molecule has 27 heavy (non-hydrogen) atoms. The number of ether oxygens (including phenoxy) is 1. The maximum absolute atomic E-state index is 13.6. The molecule has 1 saturated heterocycles. The Labute approximate surface area is 165 Å². The average molecular weight is 407 g/mol. The summed E-state index contributed by atoms with van der Waals surface area (Å²) in [6, 6.07) is 13.1. The molecular weight excluding hydrogens is 387 g/mol. The van der Waals surface area contributed by atoms with Crippen LogP contribution in [0, 0.1) is 5.82 Å². The molecule has 0 aliphatic carbocycles. The molecule has 0 aromatic heterocycles. The van der Waals surface area contributed by atoms with E-state index in [2.05, 4.69) is 10.9 Å². The molecule has 0 radical (unpaired) electrons. The minimum absolute atomic E-state index is 0.0234. The van der Waals surface area contributed by atoms with Crippen molar-refractivity contribution in [3.63, 3.8) is 0 Å². The number of hydrazine groups is 1. The molecular formula is C19H19FN2O3S2. The number of carbonyl (C=O) groups is 2. The highest BCUT2D eigenvalue weighted by atomic mass is 32.2. The van der Waals surface area contributed by atoms with Crippen LogP contribution in [-0.2, 0) is 4.79 Å². The van der Waals surface area contributed by atoms with E-state index in [4.69, 9.17) is 4.74 Å². The van der Waals surface area contributed by atoms with Crippen LogP contribution in [0.5, 0.6) is 5.75 Å². The fourth-order valence-electron chi connectivity index (χ4n) is 2.42. The molecule has 1 heterocycles. The fraction of sp³-hybridized carbons (Fsp3) is 0.263. The second-order valence-corrected chi connectivity index (χ2v) is 8.55. The standard InChI is InChI=1S/C19H19FN2O3S2/c1-12(25-16-5-3-2-4-15(16)20)17(23)21-22-18(24)13-6-8-14(9-7-13)19-26-10-11-27-19/h2-9,12,19H,10-11H2,1H3,(H,21,23)(H,22,24)/t12-/m1/s1. The number of nitrogens with one attached hydrogen (secondary N) is 2. The number of benzene rings is 2. The van der Waals surface area contributed by atoms with Crippen molar-refractivity contribution < 1.29 is 18.7 Å². The first-order valence-corrected chi connectivity index (χ1v) is 10.5. The van der Waals surface area contributed by atoms with Gasteiger partial charge in [0.25, 0.3) is 11.8 Å². The Morgan fingerprint density at radius 2 is 1.74 bits per heavy atom. The summed E-state index contributed by atoms with van der Waals surface area (Å²) in [7, 11) is 0. The van der Waals surface area contributed by atoms with Gasteiger partial charge in [-0.05, 0) is 36.8 Å². The van der Waals surface area contributed by atoms with Gasteiger partial charge in [-0.3, -0.25) is 20.4 Å². The van der Waals surface area contributed by atoms with Crippen molar-refractivity contribution in [2.75, 3.05) is 11.5 Å². The lowest BCUT2D eigenvalue weighted by Gasteiger charge is -2.15. The van der Waals surface area contributed by atoms with E-state index in [0.717, 1.165) is 11.5 Å². The van der Waals surface area contributed by atoms with E-state index in [1.165, 1.54) is 30.7 Å². The van der Waals surface area contributed by atoms with Crippen LogP contribution in [0.3, 0.4) is 0 Å². The normalized spacial score (nSPS) is 15.2. The molecule has 2 aromatic rings. The molecule has 2 amide bonds. The summed E-state index contributed by atoms with van der Waals surface area (Å²) in [5.41, 5.74) is 6.26. The third kappa shape index (κ3) is 5.17. The number of amides is 2. The van der Waals surface area contributed by atoms with Gasteiger partial charge in [0.1, 0.15) is 0 Å². The topological polar surface area (TPSA) is 67.4 Å². The molecule has 2 N–H and O–H groups in total. The van der Waals surface area contributed by atoms with Crippen LogP contribution >= 0.6 is 23.5 Å². The number of rotatable bonds is 5. The van der Waals surface area contributed by atoms with Gasteiger partial charge in [-0.1, -0.05) is 24.3 Å². The second kappa shape index (κ2) is 9.14. The van der Waals surface area contributed by atoms with Gasteiger partial charge in [-0.2, -0.15) is 0 Å². The summed E-state index contributed by atoms with van der Waals surface area (Å²) in [5.74, 6) is 0.680. The van der Waals surface area contributed by atoms with Crippen molar-refractivity contribution in [2.45, 2.75) is 17.6 Å². The van der Waals surface area contributed by atoms with Crippen LogP contribution in [0.1, 0.15) is 27.4 Å². The Morgan fingerprint density at radius 1 is 1.07 bits per heavy atom. The smallest absolute Gasteiger partial charge is 0.279 e. The van der Waals surface area contributed by atoms with Crippen molar-refractivity contribution in [1.29, 1.82) is 0 Å². The molecule has 0 bridgehead atoms. The van der Waals surface area contributed by atoms with Crippen LogP contribution in [0.2, 0.25) is 0 Å². The summed E-state index contributed by atoms with van der Waals surface area (Å²) in [5, 5.41) is 0. The first-order valence-electron chi connectivity index (χ1n) is 8.39. The van der Waals surface area contributed by atoms with Crippen LogP contribution < -0.4 is 15.6 Å². The van der Waals surface area contributed by atoms with Crippen LogP contribution in [-0.4, -0.2) is 29.4 Å². The van der Waals surface area contributed by atoms with E-state index in [0.29, 0.717) is 10.1 Å². The van der Waals surface area contributed by atoms with Crippen LogP contribution in [0.4, 0.5) is 4.39 Å². The number of halogens is 1. The molecule has 0 unspecified atom stereocenters. The predicted octanol–water partition coefficient (Wildman–Crippen LogP) is 3.53. The van der Waals surface area contributed by atoms with E-state index in [9.17, 15) is 14.0 Å². The number of hydrogen-bond donors (Lipinski definition) is 2. The molecule has 1 atom stereocenters. The van der Waals surface area contributed by atoms with E-state index in [1.807, 2.05) is 35.7 Å². The Hall–Kier alpha value is -2.19. The van der Waals surface area contributed by atoms with Gasteiger partial charge in [0.05, 0.1) is 4.58 Å². The number of hydrogen-bond acceptors (Lipinski definition) is 5. The molecule has 1 aliphatic heterocycles. The van der Waals surface area contributed by atoms with Gasteiger partial charge >= 0.3 is 0 Å². The Kier molecular flexibility index (Phi) is 6.63. The summed E-state index contributed by atoms with van der Waals surface area (Å²) in [6.07, 6.45) is -0.971. The Morgan fingerprint density at radius 3 is 2.41 bits per heavy atom. The predicted molar refractivity (Wildman–Crippen MR) is 106 cm³/mol. The minimum atomic E-state index is -0.971. The molecule has 1 aliphatic rings. The van der Waals surface area contributed by atoms with Crippen LogP contribution in [0.25, 0.3) is 0 Å². The first-order chi connectivity index (χ1) is 13.0. The van der Waals surface area contributed by atoms with Crippen molar-refractivity contribution >= 4 is 35.3 Å². The van der Waals surface area contributed by atoms with Gasteiger partial charge < -0.3 is 4.74 Å². The minimum Gasteiger partial charge on any atom is -0.478 e. The SMILES string of the molecule is C[C@@H](Oc1ccccc1F)C(=O)NNC(=O)c1ccc(C2SCCS2)cc1. The number of carbonyl (C=O) groups excluding carboxylic acids is 2. The van der Waals surface area contributed by atoms with Gasteiger partial charge in [0, 0.05) is 17.1 Å². The first kappa shape index (κ1) is 19.6. The molecule has 5 nitrogen and oxygen atoms in total. The highest BCUT2D eigenvalue weighted by molar-refractivity contribution is 8.19. The quantitative estimate of drug-likeness (QED) is 0.744. The third-order valence-corrected chi connectivity index (χ3v) is 6.98. The van der Waals surface area contributed by atoms with Gasteiger partial charge in [-0.15, -0.1) is 23.5 Å². The molecule has 0 saturated carbocycles. The van der Waals surface area contributed by atoms with Crippen molar-refractivity contribution in [3.8, 4) is 5.75 Å². The lowest BCUT2D eigenvalue weighted by molar-refractivity contribution is -0.128. The van der Waals surface area contributed by atoms with Crippen molar-refractivity contribution in [2.24, 2.45) is 0 Å². The molecule has 1 fully saturated rings. The highest BCUT2D eigenvalue weighted by Crippen LogP contribution is 2.45.